The minimum absolute atomic E-state index is 0.223. The molecule has 0 radical (unpaired) electrons. The van der Waals surface area contributed by atoms with Crippen molar-refractivity contribution in [1.29, 1.82) is 0 Å². The van der Waals surface area contributed by atoms with Crippen LogP contribution in [-0.2, 0) is 24.3 Å². The van der Waals surface area contributed by atoms with E-state index >= 15 is 0 Å². The van der Waals surface area contributed by atoms with Gasteiger partial charge in [0.25, 0.3) is 11.8 Å². The summed E-state index contributed by atoms with van der Waals surface area (Å²) in [6, 6.07) is 11.4. The molecule has 2 aromatic carbocycles. The van der Waals surface area contributed by atoms with Gasteiger partial charge in [-0.1, -0.05) is 23.7 Å². The van der Waals surface area contributed by atoms with Crippen LogP contribution in [0.2, 0.25) is 5.02 Å². The zero-order valence-corrected chi connectivity index (χ0v) is 23.8. The van der Waals surface area contributed by atoms with E-state index in [4.69, 9.17) is 11.6 Å². The molecule has 4 aliphatic rings. The molecule has 208 valence electrons. The number of hydrogen-bond acceptors (Lipinski definition) is 7. The molecule has 4 aliphatic heterocycles. The van der Waals surface area contributed by atoms with E-state index in [9.17, 15) is 9.59 Å². The molecule has 0 aliphatic carbocycles. The number of amides is 2. The number of carbonyl (C=O) groups is 2. The Bertz CT molecular complexity index is 1670. The topological polar surface area (TPSA) is 95.4 Å². The second kappa shape index (κ2) is 9.40. The number of aromatic nitrogens is 3. The molecule has 41 heavy (non-hydrogen) atoms. The van der Waals surface area contributed by atoms with Crippen molar-refractivity contribution in [3.05, 3.63) is 81.8 Å². The smallest absolute Gasteiger partial charge is 0.255 e. The first-order chi connectivity index (χ1) is 20.0. The third-order valence-corrected chi connectivity index (χ3v) is 9.93. The summed E-state index contributed by atoms with van der Waals surface area (Å²) in [6.07, 6.45) is 5.22. The second-order valence-electron chi connectivity index (χ2n) is 11.5. The Kier molecular flexibility index (Phi) is 5.74. The number of anilines is 2. The van der Waals surface area contributed by atoms with Crippen LogP contribution in [0.1, 0.15) is 39.8 Å². The summed E-state index contributed by atoms with van der Waals surface area (Å²) in [4.78, 5) is 40.5. The van der Waals surface area contributed by atoms with Gasteiger partial charge in [0.05, 0.1) is 12.0 Å². The van der Waals surface area contributed by atoms with E-state index in [0.29, 0.717) is 26.8 Å². The van der Waals surface area contributed by atoms with Gasteiger partial charge in [0.15, 0.2) is 11.2 Å². The summed E-state index contributed by atoms with van der Waals surface area (Å²) < 4.78 is 2.07. The van der Waals surface area contributed by atoms with E-state index in [1.54, 1.807) is 22.8 Å². The molecule has 2 amide bonds. The highest BCUT2D eigenvalue weighted by atomic mass is 35.5. The van der Waals surface area contributed by atoms with Crippen LogP contribution in [0.4, 0.5) is 10.8 Å². The maximum Gasteiger partial charge on any atom is 0.255 e. The van der Waals surface area contributed by atoms with Crippen LogP contribution < -0.4 is 15.5 Å². The maximum atomic E-state index is 14.0. The molecular weight excluding hydrogens is 558 g/mol. The van der Waals surface area contributed by atoms with Gasteiger partial charge in [-0.05, 0) is 48.2 Å². The van der Waals surface area contributed by atoms with Gasteiger partial charge < -0.3 is 19.7 Å². The minimum Gasteiger partial charge on any atom is -0.370 e. The fraction of sp³-hybridized carbons (Fsp3) is 0.333. The molecule has 1 spiro atoms. The number of halogens is 1. The Labute approximate surface area is 246 Å². The quantitative estimate of drug-likeness (QED) is 0.349. The third kappa shape index (κ3) is 4.07. The van der Waals surface area contributed by atoms with Crippen molar-refractivity contribution >= 4 is 45.6 Å². The largest absolute Gasteiger partial charge is 0.370 e. The summed E-state index contributed by atoms with van der Waals surface area (Å²) in [6.45, 7) is 5.49. The Morgan fingerprint density at radius 3 is 2.68 bits per heavy atom. The molecule has 6 heterocycles. The standard InChI is InChI=1S/C30H28ClN7O2S/c31-23-11-19(18-3-5-20(6-4-18)37-15-30(16-37)13-32-14-30)10-21-22(23)12-38(28(21)40)26(27(39)35-29-33-7-9-41-29)25-24-2-1-8-36(24)17-34-25/h3-7,9-11,17,26,32H,1-2,8,12-16H2,(H,33,35,39). The van der Waals surface area contributed by atoms with Crippen LogP contribution in [0, 0.1) is 5.41 Å². The second-order valence-corrected chi connectivity index (χ2v) is 12.8. The van der Waals surface area contributed by atoms with Crippen molar-refractivity contribution in [3.63, 3.8) is 0 Å². The molecule has 0 saturated carbocycles. The lowest BCUT2D eigenvalue weighted by molar-refractivity contribution is -0.121. The molecule has 2 aromatic heterocycles. The highest BCUT2D eigenvalue weighted by molar-refractivity contribution is 7.13. The number of aryl methyl sites for hydroxylation is 1. The normalized spacial score (nSPS) is 19.1. The summed E-state index contributed by atoms with van der Waals surface area (Å²) in [5.41, 5.74) is 6.44. The van der Waals surface area contributed by atoms with Gasteiger partial charge in [-0.25, -0.2) is 9.97 Å². The molecule has 11 heteroatoms. The number of nitrogens with zero attached hydrogens (tertiary/aromatic N) is 5. The number of thiazole rings is 1. The predicted molar refractivity (Wildman–Crippen MR) is 158 cm³/mol. The van der Waals surface area contributed by atoms with Crippen molar-refractivity contribution < 1.29 is 9.59 Å². The van der Waals surface area contributed by atoms with Gasteiger partial charge in [-0.15, -0.1) is 11.3 Å². The monoisotopic (exact) mass is 585 g/mol. The first kappa shape index (κ1) is 25.0. The number of benzene rings is 2. The Hall–Kier alpha value is -3.73. The van der Waals surface area contributed by atoms with Crippen LogP contribution in [0.25, 0.3) is 11.1 Å². The molecule has 8 rings (SSSR count). The van der Waals surface area contributed by atoms with Crippen molar-refractivity contribution in [1.82, 2.24) is 24.8 Å². The predicted octanol–water partition coefficient (Wildman–Crippen LogP) is 4.35. The summed E-state index contributed by atoms with van der Waals surface area (Å²) in [7, 11) is 0. The van der Waals surface area contributed by atoms with Crippen LogP contribution >= 0.6 is 22.9 Å². The lowest BCUT2D eigenvalue weighted by atomic mass is 9.74. The van der Waals surface area contributed by atoms with Crippen molar-refractivity contribution in [2.24, 2.45) is 5.41 Å². The number of imidazole rings is 1. The minimum atomic E-state index is -0.891. The molecule has 1 atom stereocenters. The third-order valence-electron chi connectivity index (χ3n) is 8.91. The van der Waals surface area contributed by atoms with Gasteiger partial charge in [0.2, 0.25) is 0 Å². The van der Waals surface area contributed by atoms with Gasteiger partial charge >= 0.3 is 0 Å². The van der Waals surface area contributed by atoms with E-state index < -0.39 is 6.04 Å². The molecule has 2 N–H and O–H groups in total. The first-order valence-corrected chi connectivity index (χ1v) is 15.2. The Morgan fingerprint density at radius 2 is 1.95 bits per heavy atom. The molecule has 9 nitrogen and oxygen atoms in total. The fourth-order valence-corrected chi connectivity index (χ4v) is 7.49. The number of rotatable bonds is 6. The van der Waals surface area contributed by atoms with Gasteiger partial charge in [0.1, 0.15) is 0 Å². The lowest BCUT2D eigenvalue weighted by Crippen LogP contribution is -2.71. The van der Waals surface area contributed by atoms with Crippen LogP contribution in [-0.4, -0.2) is 57.4 Å². The summed E-state index contributed by atoms with van der Waals surface area (Å²) >= 11 is 8.16. The molecule has 0 bridgehead atoms. The zero-order chi connectivity index (χ0) is 27.7. The summed E-state index contributed by atoms with van der Waals surface area (Å²) in [5, 5.41) is 9.09. The average Bonchev–Trinajstić information content (AvgIpc) is 3.71. The molecular formula is C30H28ClN7O2S. The highest BCUT2D eigenvalue weighted by Gasteiger charge is 2.47. The number of hydrogen-bond donors (Lipinski definition) is 2. The Morgan fingerprint density at radius 1 is 1.12 bits per heavy atom. The fourth-order valence-electron chi connectivity index (χ4n) is 6.68. The van der Waals surface area contributed by atoms with Crippen LogP contribution in [0.15, 0.2) is 54.3 Å². The highest BCUT2D eigenvalue weighted by Crippen LogP contribution is 2.41. The average molecular weight is 586 g/mol. The molecule has 4 aromatic rings. The van der Waals surface area contributed by atoms with E-state index in [2.05, 4.69) is 54.3 Å². The SMILES string of the molecule is O=C(Nc1nccs1)C(c1ncn2c1CCC2)N1Cc2c(Cl)cc(-c3ccc(N4CC5(CNC5)C4)cc3)cc2C1=O. The molecule has 1 unspecified atom stereocenters. The Balaban J connectivity index is 1.09. The van der Waals surface area contributed by atoms with Crippen LogP contribution in [0.5, 0.6) is 0 Å². The van der Waals surface area contributed by atoms with E-state index in [-0.39, 0.29) is 18.4 Å². The summed E-state index contributed by atoms with van der Waals surface area (Å²) in [5.74, 6) is -0.550. The van der Waals surface area contributed by atoms with Crippen LogP contribution in [0.3, 0.4) is 0 Å². The van der Waals surface area contributed by atoms with Crippen molar-refractivity contribution in [2.75, 3.05) is 36.4 Å². The van der Waals surface area contributed by atoms with E-state index in [1.807, 2.05) is 12.1 Å². The van der Waals surface area contributed by atoms with Gasteiger partial charge in [-0.3, -0.25) is 14.9 Å². The lowest BCUT2D eigenvalue weighted by Gasteiger charge is -2.57. The molecule has 2 fully saturated rings. The number of nitrogens with one attached hydrogen (secondary N) is 2. The molecule has 2 saturated heterocycles. The van der Waals surface area contributed by atoms with Gasteiger partial charge in [-0.2, -0.15) is 0 Å². The van der Waals surface area contributed by atoms with E-state index in [0.717, 1.165) is 67.9 Å². The van der Waals surface area contributed by atoms with Crippen molar-refractivity contribution in [3.8, 4) is 11.1 Å². The zero-order valence-electron chi connectivity index (χ0n) is 22.3. The number of carbonyl (C=O) groups excluding carboxylic acids is 2. The van der Waals surface area contributed by atoms with Crippen molar-refractivity contribution in [2.45, 2.75) is 32.0 Å². The van der Waals surface area contributed by atoms with E-state index in [1.165, 1.54) is 17.0 Å². The first-order valence-electron chi connectivity index (χ1n) is 13.9. The number of fused-ring (bicyclic) bond motifs is 2. The maximum absolute atomic E-state index is 14.0. The van der Waals surface area contributed by atoms with Gasteiger partial charge in [0, 0.05) is 83.8 Å².